The molecule has 83 heavy (non-hydrogen) atoms. The van der Waals surface area contributed by atoms with Crippen LogP contribution in [-0.4, -0.2) is 87.4 Å². The van der Waals surface area contributed by atoms with Crippen LogP contribution in [0.15, 0.2) is 85.1 Å². The van der Waals surface area contributed by atoms with Crippen LogP contribution in [0.25, 0.3) is 0 Å². The summed E-state index contributed by atoms with van der Waals surface area (Å²) in [5, 5.41) is 9.74. The zero-order chi connectivity index (χ0) is 60.5. The number of rotatable bonds is 64. The average molecular weight is 1160 g/mol. The molecule has 0 aromatic carbocycles. The Morgan fingerprint density at radius 1 is 0.373 bits per heavy atom. The summed E-state index contributed by atoms with van der Waals surface area (Å²) in [6.07, 6.45) is 84.1. The molecule has 0 aliphatic carbocycles. The van der Waals surface area contributed by atoms with E-state index in [9.17, 15) is 19.5 Å². The number of ether oxygens (including phenoxy) is 4. The van der Waals surface area contributed by atoms with Crippen molar-refractivity contribution in [1.82, 2.24) is 0 Å². The molecule has 0 radical (unpaired) electrons. The lowest BCUT2D eigenvalue weighted by atomic mass is 10.0. The van der Waals surface area contributed by atoms with Gasteiger partial charge in [0, 0.05) is 12.8 Å². The van der Waals surface area contributed by atoms with Gasteiger partial charge in [0.2, 0.25) is 0 Å². The summed E-state index contributed by atoms with van der Waals surface area (Å²) in [5.41, 5.74) is 0. The zero-order valence-electron chi connectivity index (χ0n) is 54.8. The predicted octanol–water partition coefficient (Wildman–Crippen LogP) is 21.5. The van der Waals surface area contributed by atoms with E-state index < -0.39 is 24.3 Å². The Hall–Kier alpha value is -3.53. The van der Waals surface area contributed by atoms with Gasteiger partial charge in [0.05, 0.1) is 34.4 Å². The second-order valence-corrected chi connectivity index (χ2v) is 24.5. The number of esters is 2. The maximum atomic E-state index is 12.9. The molecule has 0 heterocycles. The van der Waals surface area contributed by atoms with Gasteiger partial charge in [-0.05, 0) is 89.9 Å². The predicted molar refractivity (Wildman–Crippen MR) is 355 cm³/mol. The van der Waals surface area contributed by atoms with Crippen LogP contribution >= 0.6 is 0 Å². The largest absolute Gasteiger partial charge is 0.477 e. The zero-order valence-corrected chi connectivity index (χ0v) is 54.8. The number of allylic oxidation sites excluding steroid dienone is 14. The number of aliphatic carboxylic acids is 1. The number of likely N-dealkylation sites (N-methyl/N-ethyl adjacent to an activating group) is 1. The molecular formula is C74H132NO8+. The van der Waals surface area contributed by atoms with Crippen molar-refractivity contribution in [2.75, 3.05) is 47.5 Å². The maximum Gasteiger partial charge on any atom is 0.361 e. The minimum atomic E-state index is -1.51. The van der Waals surface area contributed by atoms with Crippen LogP contribution in [-0.2, 0) is 33.3 Å². The molecule has 0 amide bonds. The minimum absolute atomic E-state index is 0.184. The highest BCUT2D eigenvalue weighted by Gasteiger charge is 2.25. The Bertz CT molecular complexity index is 1640. The lowest BCUT2D eigenvalue weighted by Gasteiger charge is -2.25. The second kappa shape index (κ2) is 64.5. The van der Waals surface area contributed by atoms with E-state index in [1.165, 1.54) is 205 Å². The van der Waals surface area contributed by atoms with Gasteiger partial charge in [-0.15, -0.1) is 0 Å². The number of carboxylic acid groups (broad SMARTS) is 1. The SMILES string of the molecule is CC/C=C\C/C=C\C/C=C\C/C=C\CCCCCCCCCCCCCCCCCCCCCCC(=O)OC(COC(=O)CCCCCCCCCCCC/C=C\C/C=C\C/C=C\CCCCCCC)COC(OCC[N+](C)(C)C)C(=O)O. The molecule has 0 aliphatic heterocycles. The fourth-order valence-electron chi connectivity index (χ4n) is 9.84. The number of hydrogen-bond donors (Lipinski definition) is 1. The van der Waals surface area contributed by atoms with Crippen molar-refractivity contribution in [3.05, 3.63) is 85.1 Å². The minimum Gasteiger partial charge on any atom is -0.477 e. The fourth-order valence-corrected chi connectivity index (χ4v) is 9.84. The highest BCUT2D eigenvalue weighted by atomic mass is 16.7. The van der Waals surface area contributed by atoms with E-state index in [2.05, 4.69) is 98.9 Å². The Morgan fingerprint density at radius 3 is 1.02 bits per heavy atom. The van der Waals surface area contributed by atoms with Gasteiger partial charge in [0.25, 0.3) is 6.29 Å². The molecule has 0 fully saturated rings. The van der Waals surface area contributed by atoms with Crippen molar-refractivity contribution < 1.29 is 42.9 Å². The van der Waals surface area contributed by atoms with Gasteiger partial charge >= 0.3 is 17.9 Å². The molecule has 0 aromatic rings. The van der Waals surface area contributed by atoms with Crippen LogP contribution in [0.2, 0.25) is 0 Å². The third kappa shape index (κ3) is 65.9. The van der Waals surface area contributed by atoms with Crippen molar-refractivity contribution in [3.63, 3.8) is 0 Å². The van der Waals surface area contributed by atoms with Gasteiger partial charge < -0.3 is 28.5 Å². The summed E-state index contributed by atoms with van der Waals surface area (Å²) in [6, 6.07) is 0. The maximum absolute atomic E-state index is 12.9. The van der Waals surface area contributed by atoms with Crippen LogP contribution in [0.3, 0.4) is 0 Å². The Balaban J connectivity index is 4.10. The molecule has 9 heteroatoms. The van der Waals surface area contributed by atoms with Crippen LogP contribution in [0.4, 0.5) is 0 Å². The van der Waals surface area contributed by atoms with Crippen LogP contribution < -0.4 is 0 Å². The molecule has 1 N–H and O–H groups in total. The summed E-state index contributed by atoms with van der Waals surface area (Å²) in [6.45, 7) is 4.78. The van der Waals surface area contributed by atoms with E-state index in [0.29, 0.717) is 17.4 Å². The highest BCUT2D eigenvalue weighted by Crippen LogP contribution is 2.18. The van der Waals surface area contributed by atoms with Crippen molar-refractivity contribution in [2.24, 2.45) is 0 Å². The lowest BCUT2D eigenvalue weighted by Crippen LogP contribution is -2.40. The molecule has 2 atom stereocenters. The molecule has 9 nitrogen and oxygen atoms in total. The van der Waals surface area contributed by atoms with Gasteiger partial charge in [-0.3, -0.25) is 9.59 Å². The van der Waals surface area contributed by atoms with Gasteiger partial charge in [0.1, 0.15) is 13.2 Å². The van der Waals surface area contributed by atoms with E-state index in [0.717, 1.165) is 77.0 Å². The molecule has 0 aliphatic rings. The summed E-state index contributed by atoms with van der Waals surface area (Å²) < 4.78 is 23.0. The van der Waals surface area contributed by atoms with Crippen LogP contribution in [0, 0.1) is 0 Å². The number of quaternary nitrogens is 1. The van der Waals surface area contributed by atoms with Crippen LogP contribution in [0.1, 0.15) is 309 Å². The highest BCUT2D eigenvalue weighted by molar-refractivity contribution is 5.71. The van der Waals surface area contributed by atoms with Gasteiger partial charge in [-0.2, -0.15) is 0 Å². The first-order chi connectivity index (χ1) is 40.6. The third-order valence-corrected chi connectivity index (χ3v) is 15.1. The number of carboxylic acids is 1. The molecule has 0 rings (SSSR count). The van der Waals surface area contributed by atoms with Gasteiger partial charge in [-0.25, -0.2) is 4.79 Å². The summed E-state index contributed by atoms with van der Waals surface area (Å²) in [5.74, 6) is -2.00. The van der Waals surface area contributed by atoms with E-state index >= 15 is 0 Å². The summed E-state index contributed by atoms with van der Waals surface area (Å²) in [7, 11) is 5.98. The van der Waals surface area contributed by atoms with E-state index in [4.69, 9.17) is 18.9 Å². The first kappa shape index (κ1) is 79.5. The smallest absolute Gasteiger partial charge is 0.361 e. The molecule has 0 spiro atoms. The fraction of sp³-hybridized carbons (Fsp3) is 0.770. The molecule has 0 aromatic heterocycles. The van der Waals surface area contributed by atoms with Crippen LogP contribution in [0.5, 0.6) is 0 Å². The monoisotopic (exact) mass is 1160 g/mol. The normalized spacial score (nSPS) is 13.2. The Labute approximate surface area is 512 Å². The number of hydrogen-bond acceptors (Lipinski definition) is 7. The molecule has 0 saturated carbocycles. The number of unbranched alkanes of at least 4 members (excludes halogenated alkanes) is 35. The van der Waals surface area contributed by atoms with E-state index in [1.807, 2.05) is 21.1 Å². The molecule has 480 valence electrons. The van der Waals surface area contributed by atoms with Gasteiger partial charge in [-0.1, -0.05) is 292 Å². The average Bonchev–Trinajstić information content (AvgIpc) is 3.46. The lowest BCUT2D eigenvalue weighted by molar-refractivity contribution is -0.870. The summed E-state index contributed by atoms with van der Waals surface area (Å²) >= 11 is 0. The molecule has 2 unspecified atom stereocenters. The third-order valence-electron chi connectivity index (χ3n) is 15.1. The first-order valence-electron chi connectivity index (χ1n) is 34.8. The van der Waals surface area contributed by atoms with Gasteiger partial charge in [0.15, 0.2) is 6.10 Å². The quantitative estimate of drug-likeness (QED) is 0.0211. The second-order valence-electron chi connectivity index (χ2n) is 24.5. The molecule has 0 saturated heterocycles. The Kier molecular flexibility index (Phi) is 61.7. The van der Waals surface area contributed by atoms with E-state index in [-0.39, 0.29) is 32.2 Å². The van der Waals surface area contributed by atoms with Crippen molar-refractivity contribution >= 4 is 17.9 Å². The summed E-state index contributed by atoms with van der Waals surface area (Å²) in [4.78, 5) is 37.6. The number of carbonyl (C=O) groups is 3. The van der Waals surface area contributed by atoms with Crippen molar-refractivity contribution in [2.45, 2.75) is 322 Å². The number of carbonyl (C=O) groups excluding carboxylic acids is 2. The van der Waals surface area contributed by atoms with Crippen molar-refractivity contribution in [1.29, 1.82) is 0 Å². The van der Waals surface area contributed by atoms with Crippen molar-refractivity contribution in [3.8, 4) is 0 Å². The Morgan fingerprint density at radius 2 is 0.687 bits per heavy atom. The standard InChI is InChI=1S/C74H131NO8/c1-6-8-10-12-14-16-18-20-22-24-26-28-30-32-33-34-35-36-37-38-39-41-43-45-47-49-51-53-55-57-59-61-63-65-72(77)83-70(69-82-74(73(78)79)80-67-66-75(3,4)5)68-81-71(76)64-62-60-58-56-54-52-50-48-46-44-42-40-31-29-27-25-23-21-19-17-15-13-11-9-7-2/h8,10,14,16,19-22,25-28,31,40,70,74H,6-7,9,11-13,15,17-18,23-24,29-30,32-39,41-69H2,1-5H3/p+1/b10-8-,16-14-,21-19-,22-20-,27-25-,28-26-,40-31-. The first-order valence-corrected chi connectivity index (χ1v) is 34.8. The number of nitrogens with zero attached hydrogens (tertiary/aromatic N) is 1. The topological polar surface area (TPSA) is 108 Å². The van der Waals surface area contributed by atoms with E-state index in [1.54, 1.807) is 0 Å². The molecule has 0 bridgehead atoms. The molecular weight excluding hydrogens is 1030 g/mol.